The molecule has 206 valence electrons. The van der Waals surface area contributed by atoms with E-state index in [0.717, 1.165) is 38.2 Å². The van der Waals surface area contributed by atoms with E-state index in [9.17, 15) is 0 Å². The minimum absolute atomic E-state index is 0.824. The van der Waals surface area contributed by atoms with E-state index < -0.39 is 0 Å². The van der Waals surface area contributed by atoms with E-state index in [1.54, 1.807) is 0 Å². The molecule has 0 aromatic rings. The molecule has 0 aromatic heterocycles. The van der Waals surface area contributed by atoms with Crippen molar-refractivity contribution in [3.05, 3.63) is 0 Å². The Hall–Kier alpha value is 0.500. The second-order valence-electron chi connectivity index (χ2n) is 10.1. The normalized spacial score (nSPS) is 11.5. The Bertz CT molecular complexity index is 310. The van der Waals surface area contributed by atoms with E-state index in [1.165, 1.54) is 154 Å². The van der Waals surface area contributed by atoms with E-state index in [2.05, 4.69) is 0 Å². The van der Waals surface area contributed by atoms with Crippen molar-refractivity contribution in [1.29, 1.82) is 0 Å². The summed E-state index contributed by atoms with van der Waals surface area (Å²) in [5.41, 5.74) is 0. The number of rotatable bonds is 31. The zero-order chi connectivity index (χ0) is 24.6. The lowest BCUT2D eigenvalue weighted by Crippen LogP contribution is -1.97. The van der Waals surface area contributed by atoms with E-state index in [0.29, 0.717) is 0 Å². The van der Waals surface area contributed by atoms with Crippen molar-refractivity contribution in [3.8, 4) is 0 Å². The molecule has 4 heteroatoms. The average Bonchev–Trinajstić information content (AvgIpc) is 2.85. The summed E-state index contributed by atoms with van der Waals surface area (Å²) in [5, 5.41) is 0. The van der Waals surface area contributed by atoms with Gasteiger partial charge in [0.15, 0.2) is 0 Å². The first-order valence-electron chi connectivity index (χ1n) is 15.2. The maximum atomic E-state index is 5.80. The van der Waals surface area contributed by atoms with Gasteiger partial charge in [-0.25, -0.2) is 0 Å². The number of hydrogen-bond acceptors (Lipinski definition) is 2. The molecule has 0 aromatic carbocycles. The molecule has 0 radical (unpaired) electrons. The smallest absolute Gasteiger partial charge is 0.0466 e. The molecule has 0 bridgehead atoms. The molecule has 2 nitrogen and oxygen atoms in total. The van der Waals surface area contributed by atoms with Gasteiger partial charge < -0.3 is 9.47 Å². The highest BCUT2D eigenvalue weighted by Crippen LogP contribution is 2.11. The van der Waals surface area contributed by atoms with Crippen molar-refractivity contribution < 1.29 is 9.47 Å². The van der Waals surface area contributed by atoms with Crippen LogP contribution in [-0.4, -0.2) is 38.2 Å². The van der Waals surface area contributed by atoms with E-state index in [4.69, 9.17) is 32.7 Å². The van der Waals surface area contributed by atoms with Crippen LogP contribution in [0.2, 0.25) is 0 Å². The van der Waals surface area contributed by atoms with Gasteiger partial charge in [-0.3, -0.25) is 0 Å². The fourth-order valence-corrected chi connectivity index (χ4v) is 4.77. The second kappa shape index (κ2) is 33.5. The lowest BCUT2D eigenvalue weighted by atomic mass is 10.1. The lowest BCUT2D eigenvalue weighted by Gasteiger charge is -2.06. The zero-order valence-electron chi connectivity index (χ0n) is 22.8. The van der Waals surface area contributed by atoms with Crippen molar-refractivity contribution in [3.63, 3.8) is 0 Å². The number of unbranched alkanes of at least 4 members (excludes halogenated alkanes) is 21. The third-order valence-electron chi connectivity index (χ3n) is 6.67. The van der Waals surface area contributed by atoms with Crippen LogP contribution in [0.1, 0.15) is 154 Å². The molecule has 0 unspecified atom stereocenters. The SMILES string of the molecule is ClCCCCCCCCCCOCCCCCCCCCCOCCCCCCCCCCCl. The predicted octanol–water partition coefficient (Wildman–Crippen LogP) is 10.9. The van der Waals surface area contributed by atoms with Gasteiger partial charge in [0.25, 0.3) is 0 Å². The highest BCUT2D eigenvalue weighted by atomic mass is 35.5. The van der Waals surface area contributed by atoms with Crippen molar-refractivity contribution in [2.24, 2.45) is 0 Å². The van der Waals surface area contributed by atoms with Crippen LogP contribution in [0.4, 0.5) is 0 Å². The number of ether oxygens (including phenoxy) is 2. The number of halogens is 2. The summed E-state index contributed by atoms with van der Waals surface area (Å²) in [6.07, 6.45) is 31.7. The van der Waals surface area contributed by atoms with Gasteiger partial charge in [-0.15, -0.1) is 23.2 Å². The molecule has 0 N–H and O–H groups in total. The third kappa shape index (κ3) is 32.5. The summed E-state index contributed by atoms with van der Waals surface area (Å²) in [6.45, 7) is 3.85. The second-order valence-corrected chi connectivity index (χ2v) is 10.8. The Kier molecular flexibility index (Phi) is 34.0. The van der Waals surface area contributed by atoms with Crippen LogP contribution < -0.4 is 0 Å². The molecule has 0 rings (SSSR count). The molecule has 0 fully saturated rings. The van der Waals surface area contributed by atoms with Crippen LogP contribution in [0.5, 0.6) is 0 Å². The standard InChI is InChI=1S/C30H60Cl2O2/c31-25-19-13-7-1-3-9-15-21-27-33-29-23-17-11-5-6-12-18-24-30-34-28-22-16-10-4-2-8-14-20-26-32/h1-30H2. The molecular weight excluding hydrogens is 463 g/mol. The van der Waals surface area contributed by atoms with Crippen molar-refractivity contribution in [2.75, 3.05) is 38.2 Å². The summed E-state index contributed by atoms with van der Waals surface area (Å²) in [7, 11) is 0. The minimum atomic E-state index is 0.824. The summed E-state index contributed by atoms with van der Waals surface area (Å²) in [5.74, 6) is 1.65. The number of alkyl halides is 2. The van der Waals surface area contributed by atoms with Crippen molar-refractivity contribution >= 4 is 23.2 Å². The highest BCUT2D eigenvalue weighted by Gasteiger charge is 1.96. The maximum absolute atomic E-state index is 5.80. The third-order valence-corrected chi connectivity index (χ3v) is 7.21. The Morgan fingerprint density at radius 2 is 0.412 bits per heavy atom. The van der Waals surface area contributed by atoms with Gasteiger partial charge in [0.1, 0.15) is 0 Å². The lowest BCUT2D eigenvalue weighted by molar-refractivity contribution is 0.125. The molecule has 0 aliphatic carbocycles. The monoisotopic (exact) mass is 522 g/mol. The summed E-state index contributed by atoms with van der Waals surface area (Å²) in [4.78, 5) is 0. The Morgan fingerprint density at radius 1 is 0.235 bits per heavy atom. The largest absolute Gasteiger partial charge is 0.381 e. The summed E-state index contributed by atoms with van der Waals surface area (Å²) >= 11 is 11.4. The first-order valence-corrected chi connectivity index (χ1v) is 16.3. The predicted molar refractivity (Wildman–Crippen MR) is 154 cm³/mol. The van der Waals surface area contributed by atoms with Crippen molar-refractivity contribution in [1.82, 2.24) is 0 Å². The van der Waals surface area contributed by atoms with Gasteiger partial charge in [0, 0.05) is 38.2 Å². The summed E-state index contributed by atoms with van der Waals surface area (Å²) < 4.78 is 11.6. The minimum Gasteiger partial charge on any atom is -0.381 e. The van der Waals surface area contributed by atoms with Gasteiger partial charge >= 0.3 is 0 Å². The first kappa shape index (κ1) is 34.5. The molecule has 34 heavy (non-hydrogen) atoms. The maximum Gasteiger partial charge on any atom is 0.0466 e. The quantitative estimate of drug-likeness (QED) is 0.0664. The van der Waals surface area contributed by atoms with E-state index in [1.807, 2.05) is 0 Å². The Morgan fingerprint density at radius 3 is 0.618 bits per heavy atom. The van der Waals surface area contributed by atoms with E-state index in [-0.39, 0.29) is 0 Å². The molecule has 0 saturated heterocycles. The zero-order valence-corrected chi connectivity index (χ0v) is 24.3. The van der Waals surface area contributed by atoms with Gasteiger partial charge in [-0.1, -0.05) is 116 Å². The Balaban J connectivity index is 2.99. The average molecular weight is 524 g/mol. The molecule has 0 heterocycles. The molecule has 0 aliphatic heterocycles. The fraction of sp³-hybridized carbons (Fsp3) is 1.00. The first-order chi connectivity index (χ1) is 16.9. The van der Waals surface area contributed by atoms with Gasteiger partial charge in [0.2, 0.25) is 0 Å². The molecule has 0 aliphatic rings. The van der Waals surface area contributed by atoms with E-state index >= 15 is 0 Å². The van der Waals surface area contributed by atoms with Crippen molar-refractivity contribution in [2.45, 2.75) is 154 Å². The van der Waals surface area contributed by atoms with Gasteiger partial charge in [-0.2, -0.15) is 0 Å². The van der Waals surface area contributed by atoms with Crippen LogP contribution >= 0.6 is 23.2 Å². The Labute approximate surface area is 224 Å². The van der Waals surface area contributed by atoms with Crippen LogP contribution in [-0.2, 0) is 9.47 Å². The summed E-state index contributed by atoms with van der Waals surface area (Å²) in [6, 6.07) is 0. The topological polar surface area (TPSA) is 18.5 Å². The number of hydrogen-bond donors (Lipinski definition) is 0. The molecule has 0 saturated carbocycles. The van der Waals surface area contributed by atoms with Gasteiger partial charge in [-0.05, 0) is 38.5 Å². The van der Waals surface area contributed by atoms with Crippen LogP contribution in [0, 0.1) is 0 Å². The molecule has 0 spiro atoms. The molecule has 0 atom stereocenters. The van der Waals surface area contributed by atoms with Gasteiger partial charge in [0.05, 0.1) is 0 Å². The molecule has 0 amide bonds. The van der Waals surface area contributed by atoms with Crippen LogP contribution in [0.15, 0.2) is 0 Å². The fourth-order valence-electron chi connectivity index (χ4n) is 4.39. The van der Waals surface area contributed by atoms with Crippen LogP contribution in [0.3, 0.4) is 0 Å². The highest BCUT2D eigenvalue weighted by molar-refractivity contribution is 6.18. The molecular formula is C30H60Cl2O2. The van der Waals surface area contributed by atoms with Crippen LogP contribution in [0.25, 0.3) is 0 Å².